The van der Waals surface area contributed by atoms with Crippen molar-refractivity contribution in [2.75, 3.05) is 6.54 Å². The van der Waals surface area contributed by atoms with E-state index >= 15 is 0 Å². The van der Waals surface area contributed by atoms with E-state index in [4.69, 9.17) is 5.73 Å². The molecule has 0 aromatic heterocycles. The lowest BCUT2D eigenvalue weighted by atomic mass is 9.94. The number of hydrogen-bond acceptors (Lipinski definition) is 2. The molecule has 0 heterocycles. The van der Waals surface area contributed by atoms with Crippen LogP contribution in [0.3, 0.4) is 0 Å². The zero-order chi connectivity index (χ0) is 15.1. The lowest BCUT2D eigenvalue weighted by Gasteiger charge is -2.24. The average molecular weight is 280 g/mol. The smallest absolute Gasteiger partial charge is 0.223 e. The SMILES string of the molecule is CC(CCCN)C(=O)NC(c1ccc(F)cc1)C(C)C. The summed E-state index contributed by atoms with van der Waals surface area (Å²) in [6.07, 6.45) is 1.63. The number of hydrogen-bond donors (Lipinski definition) is 2. The van der Waals surface area contributed by atoms with Crippen molar-refractivity contribution in [2.45, 2.75) is 39.7 Å². The van der Waals surface area contributed by atoms with Gasteiger partial charge in [0.25, 0.3) is 0 Å². The van der Waals surface area contributed by atoms with Gasteiger partial charge in [-0.25, -0.2) is 4.39 Å². The summed E-state index contributed by atoms with van der Waals surface area (Å²) in [7, 11) is 0. The molecular weight excluding hydrogens is 255 g/mol. The maximum absolute atomic E-state index is 13.0. The molecule has 3 nitrogen and oxygen atoms in total. The minimum Gasteiger partial charge on any atom is -0.349 e. The van der Waals surface area contributed by atoms with Crippen LogP contribution >= 0.6 is 0 Å². The molecule has 0 spiro atoms. The first-order valence-electron chi connectivity index (χ1n) is 7.21. The molecule has 0 radical (unpaired) electrons. The second-order valence-electron chi connectivity index (χ2n) is 5.61. The molecule has 0 bridgehead atoms. The number of rotatable bonds is 7. The van der Waals surface area contributed by atoms with Gasteiger partial charge in [-0.3, -0.25) is 4.79 Å². The lowest BCUT2D eigenvalue weighted by molar-refractivity contribution is -0.125. The van der Waals surface area contributed by atoms with Crippen LogP contribution in [0.25, 0.3) is 0 Å². The molecule has 20 heavy (non-hydrogen) atoms. The van der Waals surface area contributed by atoms with Crippen molar-refractivity contribution in [1.29, 1.82) is 0 Å². The highest BCUT2D eigenvalue weighted by Gasteiger charge is 2.21. The summed E-state index contributed by atoms with van der Waals surface area (Å²) in [6, 6.07) is 6.21. The van der Waals surface area contributed by atoms with Crippen LogP contribution < -0.4 is 11.1 Å². The molecule has 112 valence electrons. The van der Waals surface area contributed by atoms with Gasteiger partial charge >= 0.3 is 0 Å². The first kappa shape index (κ1) is 16.6. The first-order valence-corrected chi connectivity index (χ1v) is 7.21. The molecule has 4 heteroatoms. The monoisotopic (exact) mass is 280 g/mol. The van der Waals surface area contributed by atoms with Gasteiger partial charge in [-0.1, -0.05) is 32.9 Å². The molecule has 0 aliphatic carbocycles. The highest BCUT2D eigenvalue weighted by molar-refractivity contribution is 5.78. The van der Waals surface area contributed by atoms with Crippen LogP contribution in [-0.4, -0.2) is 12.5 Å². The Hall–Kier alpha value is -1.42. The van der Waals surface area contributed by atoms with Gasteiger partial charge in [0.15, 0.2) is 0 Å². The van der Waals surface area contributed by atoms with Crippen LogP contribution in [-0.2, 0) is 4.79 Å². The Morgan fingerprint density at radius 3 is 2.35 bits per heavy atom. The highest BCUT2D eigenvalue weighted by Crippen LogP contribution is 2.22. The average Bonchev–Trinajstić information content (AvgIpc) is 2.42. The Labute approximate surface area is 120 Å². The van der Waals surface area contributed by atoms with Gasteiger partial charge in [0.05, 0.1) is 6.04 Å². The Balaban J connectivity index is 2.72. The van der Waals surface area contributed by atoms with Crippen molar-refractivity contribution >= 4 is 5.91 Å². The molecule has 0 fully saturated rings. The Bertz CT molecular complexity index is 417. The van der Waals surface area contributed by atoms with E-state index in [-0.39, 0.29) is 29.6 Å². The third-order valence-corrected chi connectivity index (χ3v) is 3.48. The lowest BCUT2D eigenvalue weighted by Crippen LogP contribution is -2.35. The van der Waals surface area contributed by atoms with Crippen LogP contribution in [0.2, 0.25) is 0 Å². The van der Waals surface area contributed by atoms with Crippen molar-refractivity contribution in [3.05, 3.63) is 35.6 Å². The molecule has 2 unspecified atom stereocenters. The maximum Gasteiger partial charge on any atom is 0.223 e. The number of amides is 1. The van der Waals surface area contributed by atoms with Gasteiger partial charge in [0.1, 0.15) is 5.82 Å². The first-order chi connectivity index (χ1) is 9.45. The molecule has 1 aromatic carbocycles. The molecule has 3 N–H and O–H groups in total. The number of carbonyl (C=O) groups is 1. The standard InChI is InChI=1S/C16H25FN2O/c1-11(2)15(13-6-8-14(17)9-7-13)19-16(20)12(3)5-4-10-18/h6-9,11-12,15H,4-5,10,18H2,1-3H3,(H,19,20). The van der Waals surface area contributed by atoms with E-state index in [0.29, 0.717) is 6.54 Å². The summed E-state index contributed by atoms with van der Waals surface area (Å²) in [6.45, 7) is 6.59. The molecule has 2 atom stereocenters. The van der Waals surface area contributed by atoms with E-state index in [1.165, 1.54) is 12.1 Å². The van der Waals surface area contributed by atoms with E-state index < -0.39 is 0 Å². The number of halogens is 1. The third-order valence-electron chi connectivity index (χ3n) is 3.48. The summed E-state index contributed by atoms with van der Waals surface area (Å²) >= 11 is 0. The van der Waals surface area contributed by atoms with Crippen molar-refractivity contribution in [3.63, 3.8) is 0 Å². The summed E-state index contributed by atoms with van der Waals surface area (Å²) in [5.74, 6) is -0.0493. The zero-order valence-electron chi connectivity index (χ0n) is 12.5. The summed E-state index contributed by atoms with van der Waals surface area (Å²) in [5.41, 5.74) is 6.40. The minimum atomic E-state index is -0.265. The van der Waals surface area contributed by atoms with Gasteiger partial charge in [-0.05, 0) is 43.0 Å². The molecule has 0 aliphatic heterocycles. The predicted molar refractivity (Wildman–Crippen MR) is 79.6 cm³/mol. The Morgan fingerprint density at radius 2 is 1.85 bits per heavy atom. The van der Waals surface area contributed by atoms with Crippen molar-refractivity contribution in [2.24, 2.45) is 17.6 Å². The van der Waals surface area contributed by atoms with Gasteiger partial charge in [-0.2, -0.15) is 0 Å². The second kappa shape index (κ2) is 8.00. The van der Waals surface area contributed by atoms with Crippen LogP contribution in [0.15, 0.2) is 24.3 Å². The number of benzene rings is 1. The normalized spacial score (nSPS) is 14.1. The van der Waals surface area contributed by atoms with E-state index in [2.05, 4.69) is 5.32 Å². The van der Waals surface area contributed by atoms with Crippen molar-refractivity contribution in [3.8, 4) is 0 Å². The van der Waals surface area contributed by atoms with E-state index in [1.807, 2.05) is 20.8 Å². The molecule has 0 saturated carbocycles. The fourth-order valence-corrected chi connectivity index (χ4v) is 2.16. The zero-order valence-corrected chi connectivity index (χ0v) is 12.5. The fourth-order valence-electron chi connectivity index (χ4n) is 2.16. The van der Waals surface area contributed by atoms with E-state index in [1.54, 1.807) is 12.1 Å². The fraction of sp³-hybridized carbons (Fsp3) is 0.562. The van der Waals surface area contributed by atoms with Gasteiger partial charge in [0, 0.05) is 5.92 Å². The largest absolute Gasteiger partial charge is 0.349 e. The molecule has 1 amide bonds. The predicted octanol–water partition coefficient (Wildman–Crippen LogP) is 3.01. The molecule has 0 saturated heterocycles. The third kappa shape index (κ3) is 4.93. The number of nitrogens with one attached hydrogen (secondary N) is 1. The quantitative estimate of drug-likeness (QED) is 0.806. The molecular formula is C16H25FN2O. The molecule has 1 aromatic rings. The van der Waals surface area contributed by atoms with Crippen LogP contribution in [0, 0.1) is 17.7 Å². The Kier molecular flexibility index (Phi) is 6.65. The number of carbonyl (C=O) groups excluding carboxylic acids is 1. The summed E-state index contributed by atoms with van der Waals surface area (Å²) < 4.78 is 13.0. The van der Waals surface area contributed by atoms with Crippen molar-refractivity contribution < 1.29 is 9.18 Å². The summed E-state index contributed by atoms with van der Waals surface area (Å²) in [4.78, 5) is 12.2. The maximum atomic E-state index is 13.0. The summed E-state index contributed by atoms with van der Waals surface area (Å²) in [5, 5.41) is 3.06. The topological polar surface area (TPSA) is 55.1 Å². The van der Waals surface area contributed by atoms with Gasteiger partial charge in [-0.15, -0.1) is 0 Å². The van der Waals surface area contributed by atoms with Crippen LogP contribution in [0.4, 0.5) is 4.39 Å². The van der Waals surface area contributed by atoms with E-state index in [9.17, 15) is 9.18 Å². The van der Waals surface area contributed by atoms with Crippen molar-refractivity contribution in [1.82, 2.24) is 5.32 Å². The second-order valence-corrected chi connectivity index (χ2v) is 5.61. The van der Waals surface area contributed by atoms with E-state index in [0.717, 1.165) is 18.4 Å². The van der Waals surface area contributed by atoms with Crippen LogP contribution in [0.5, 0.6) is 0 Å². The van der Waals surface area contributed by atoms with Crippen LogP contribution in [0.1, 0.15) is 45.2 Å². The Morgan fingerprint density at radius 1 is 1.25 bits per heavy atom. The molecule has 1 rings (SSSR count). The molecule has 0 aliphatic rings. The van der Waals surface area contributed by atoms with Gasteiger partial charge < -0.3 is 11.1 Å². The highest BCUT2D eigenvalue weighted by atomic mass is 19.1. The minimum absolute atomic E-state index is 0.0291. The number of nitrogens with two attached hydrogens (primary N) is 1. The van der Waals surface area contributed by atoms with Gasteiger partial charge in [0.2, 0.25) is 5.91 Å².